The van der Waals surface area contributed by atoms with Gasteiger partial charge in [-0.15, -0.1) is 0 Å². The maximum atomic E-state index is 9.80. The van der Waals surface area contributed by atoms with Crippen molar-refractivity contribution in [3.63, 3.8) is 0 Å². The van der Waals surface area contributed by atoms with Gasteiger partial charge in [-0.2, -0.15) is 0 Å². The molecular weight excluding hydrogens is 106 g/mol. The van der Waals surface area contributed by atoms with Crippen molar-refractivity contribution in [1.82, 2.24) is 5.32 Å². The van der Waals surface area contributed by atoms with Crippen molar-refractivity contribution in [3.8, 4) is 0 Å². The monoisotopic (exact) mass is 115 g/mol. The van der Waals surface area contributed by atoms with Gasteiger partial charge in [0.2, 0.25) is 6.41 Å². The van der Waals surface area contributed by atoms with E-state index in [-0.39, 0.29) is 12.1 Å². The fraction of sp³-hybridized carbons (Fsp3) is 0.800. The second-order valence-corrected chi connectivity index (χ2v) is 2.20. The van der Waals surface area contributed by atoms with Crippen LogP contribution in [0.3, 0.4) is 0 Å². The van der Waals surface area contributed by atoms with Crippen LogP contribution < -0.4 is 5.32 Å². The van der Waals surface area contributed by atoms with Crippen molar-refractivity contribution >= 4 is 6.41 Å². The average molecular weight is 115 g/mol. The first-order chi connectivity index (χ1) is 3.83. The van der Waals surface area contributed by atoms with Gasteiger partial charge in [-0.1, -0.05) is 0 Å². The van der Waals surface area contributed by atoms with Crippen LogP contribution in [0.15, 0.2) is 0 Å². The molecular formula is C5H9NO2. The summed E-state index contributed by atoms with van der Waals surface area (Å²) in [5.74, 6) is 0. The van der Waals surface area contributed by atoms with Gasteiger partial charge >= 0.3 is 0 Å². The van der Waals surface area contributed by atoms with Gasteiger partial charge in [0.1, 0.15) is 0 Å². The number of hydrogen-bond donors (Lipinski definition) is 2. The molecule has 0 bridgehead atoms. The summed E-state index contributed by atoms with van der Waals surface area (Å²) in [6.45, 7) is 0.0751. The summed E-state index contributed by atoms with van der Waals surface area (Å²) in [5.41, 5.74) is -0.220. The van der Waals surface area contributed by atoms with Gasteiger partial charge in [-0.25, -0.2) is 0 Å². The van der Waals surface area contributed by atoms with Crippen LogP contribution in [-0.2, 0) is 4.79 Å². The molecule has 0 aliphatic heterocycles. The van der Waals surface area contributed by atoms with E-state index in [1.165, 1.54) is 0 Å². The SMILES string of the molecule is O=CNC1(CO)CC1. The maximum Gasteiger partial charge on any atom is 0.207 e. The van der Waals surface area contributed by atoms with Crippen molar-refractivity contribution in [1.29, 1.82) is 0 Å². The molecule has 2 N–H and O–H groups in total. The Balaban J connectivity index is 2.29. The molecule has 1 aliphatic rings. The Kier molecular flexibility index (Phi) is 1.21. The molecule has 0 spiro atoms. The highest BCUT2D eigenvalue weighted by atomic mass is 16.3. The number of carbonyl (C=O) groups is 1. The molecule has 1 saturated carbocycles. The zero-order valence-electron chi connectivity index (χ0n) is 4.55. The number of rotatable bonds is 3. The van der Waals surface area contributed by atoms with E-state index in [0.717, 1.165) is 12.8 Å². The van der Waals surface area contributed by atoms with Gasteiger partial charge in [-0.05, 0) is 12.8 Å². The Morgan fingerprint density at radius 2 is 2.38 bits per heavy atom. The van der Waals surface area contributed by atoms with Crippen molar-refractivity contribution in [2.45, 2.75) is 18.4 Å². The number of hydrogen-bond acceptors (Lipinski definition) is 2. The van der Waals surface area contributed by atoms with E-state index in [2.05, 4.69) is 5.32 Å². The smallest absolute Gasteiger partial charge is 0.207 e. The van der Waals surface area contributed by atoms with Crippen LogP contribution >= 0.6 is 0 Å². The fourth-order valence-corrected chi connectivity index (χ4v) is 0.624. The Morgan fingerprint density at radius 1 is 1.75 bits per heavy atom. The van der Waals surface area contributed by atoms with Crippen LogP contribution in [-0.4, -0.2) is 23.7 Å². The van der Waals surface area contributed by atoms with Crippen LogP contribution in [0, 0.1) is 0 Å². The topological polar surface area (TPSA) is 49.3 Å². The van der Waals surface area contributed by atoms with Crippen LogP contribution in [0.2, 0.25) is 0 Å². The molecule has 1 aliphatic carbocycles. The minimum atomic E-state index is -0.220. The van der Waals surface area contributed by atoms with E-state index >= 15 is 0 Å². The first kappa shape index (κ1) is 5.56. The lowest BCUT2D eigenvalue weighted by Gasteiger charge is -2.07. The molecule has 0 radical (unpaired) electrons. The fourth-order valence-electron chi connectivity index (χ4n) is 0.624. The maximum absolute atomic E-state index is 9.80. The van der Waals surface area contributed by atoms with E-state index in [0.29, 0.717) is 6.41 Å². The van der Waals surface area contributed by atoms with Crippen molar-refractivity contribution in [2.24, 2.45) is 0 Å². The predicted octanol–water partition coefficient (Wildman–Crippen LogP) is -0.743. The Hall–Kier alpha value is -0.570. The Bertz CT molecular complexity index is 98.6. The van der Waals surface area contributed by atoms with Crippen molar-refractivity contribution in [3.05, 3.63) is 0 Å². The van der Waals surface area contributed by atoms with Gasteiger partial charge in [-0.3, -0.25) is 4.79 Å². The molecule has 0 saturated heterocycles. The average Bonchev–Trinajstić information content (AvgIpc) is 2.50. The summed E-state index contributed by atoms with van der Waals surface area (Å²) in [6, 6.07) is 0. The van der Waals surface area contributed by atoms with E-state index in [4.69, 9.17) is 5.11 Å². The lowest BCUT2D eigenvalue weighted by atomic mass is 10.3. The molecule has 3 heteroatoms. The van der Waals surface area contributed by atoms with Gasteiger partial charge < -0.3 is 10.4 Å². The summed E-state index contributed by atoms with van der Waals surface area (Å²) in [7, 11) is 0. The van der Waals surface area contributed by atoms with Gasteiger partial charge in [0.25, 0.3) is 0 Å². The molecule has 0 aromatic rings. The highest BCUT2D eigenvalue weighted by Gasteiger charge is 2.41. The van der Waals surface area contributed by atoms with E-state index in [1.807, 2.05) is 0 Å². The molecule has 1 fully saturated rings. The number of aliphatic hydroxyl groups is 1. The third kappa shape index (κ3) is 0.816. The van der Waals surface area contributed by atoms with Crippen LogP contribution in [0.4, 0.5) is 0 Å². The lowest BCUT2D eigenvalue weighted by Crippen LogP contribution is -2.33. The molecule has 8 heavy (non-hydrogen) atoms. The van der Waals surface area contributed by atoms with E-state index < -0.39 is 0 Å². The van der Waals surface area contributed by atoms with Gasteiger partial charge in [0.15, 0.2) is 0 Å². The third-order valence-corrected chi connectivity index (χ3v) is 1.52. The minimum absolute atomic E-state index is 0.0751. The van der Waals surface area contributed by atoms with E-state index in [1.54, 1.807) is 0 Å². The zero-order chi connectivity index (χ0) is 6.04. The Morgan fingerprint density at radius 3 is 2.50 bits per heavy atom. The molecule has 0 atom stereocenters. The standard InChI is InChI=1S/C5H9NO2/c7-3-5(1-2-5)6-4-8/h4,7H,1-3H2,(H,6,8). The molecule has 1 amide bonds. The summed E-state index contributed by atoms with van der Waals surface area (Å²) in [6.07, 6.45) is 2.48. The van der Waals surface area contributed by atoms with Crippen molar-refractivity contribution in [2.75, 3.05) is 6.61 Å². The summed E-state index contributed by atoms with van der Waals surface area (Å²) in [5, 5.41) is 11.1. The summed E-state index contributed by atoms with van der Waals surface area (Å²) < 4.78 is 0. The van der Waals surface area contributed by atoms with E-state index in [9.17, 15) is 4.79 Å². The second-order valence-electron chi connectivity index (χ2n) is 2.20. The number of nitrogens with one attached hydrogen (secondary N) is 1. The lowest BCUT2D eigenvalue weighted by molar-refractivity contribution is -0.110. The summed E-state index contributed by atoms with van der Waals surface area (Å²) >= 11 is 0. The van der Waals surface area contributed by atoms with Crippen LogP contribution in [0.25, 0.3) is 0 Å². The number of carbonyl (C=O) groups excluding carboxylic acids is 1. The van der Waals surface area contributed by atoms with Gasteiger partial charge in [0, 0.05) is 0 Å². The molecule has 0 aromatic heterocycles. The highest BCUT2D eigenvalue weighted by molar-refractivity contribution is 5.49. The first-order valence-electron chi connectivity index (χ1n) is 2.65. The normalized spacial score (nSPS) is 22.1. The predicted molar refractivity (Wildman–Crippen MR) is 28.3 cm³/mol. The Labute approximate surface area is 47.7 Å². The number of aliphatic hydroxyl groups excluding tert-OH is 1. The quantitative estimate of drug-likeness (QED) is 0.476. The minimum Gasteiger partial charge on any atom is -0.394 e. The molecule has 1 rings (SSSR count). The number of amides is 1. The zero-order valence-corrected chi connectivity index (χ0v) is 4.55. The molecule has 46 valence electrons. The third-order valence-electron chi connectivity index (χ3n) is 1.52. The molecule has 0 aromatic carbocycles. The van der Waals surface area contributed by atoms with Crippen molar-refractivity contribution < 1.29 is 9.90 Å². The molecule has 3 nitrogen and oxygen atoms in total. The first-order valence-corrected chi connectivity index (χ1v) is 2.65. The summed E-state index contributed by atoms with van der Waals surface area (Å²) in [4.78, 5) is 9.80. The largest absolute Gasteiger partial charge is 0.394 e. The molecule has 0 unspecified atom stereocenters. The highest BCUT2D eigenvalue weighted by Crippen LogP contribution is 2.33. The van der Waals surface area contributed by atoms with Gasteiger partial charge in [0.05, 0.1) is 12.1 Å². The van der Waals surface area contributed by atoms with Crippen LogP contribution in [0.1, 0.15) is 12.8 Å². The molecule has 0 heterocycles. The second kappa shape index (κ2) is 1.74. The van der Waals surface area contributed by atoms with Crippen LogP contribution in [0.5, 0.6) is 0 Å².